The molecule has 0 amide bonds. The van der Waals surface area contributed by atoms with Crippen molar-refractivity contribution in [2.45, 2.75) is 18.4 Å². The van der Waals surface area contributed by atoms with Gasteiger partial charge in [-0.05, 0) is 53.8 Å². The summed E-state index contributed by atoms with van der Waals surface area (Å²) in [4.78, 5) is 0. The van der Waals surface area contributed by atoms with E-state index in [0.717, 1.165) is 22.7 Å². The van der Waals surface area contributed by atoms with Gasteiger partial charge < -0.3 is 5.32 Å². The predicted molar refractivity (Wildman–Crippen MR) is 84.2 cm³/mol. The summed E-state index contributed by atoms with van der Waals surface area (Å²) in [6, 6.07) is 13.3. The molecular weight excluding hydrogens is 285 g/mol. The molecule has 0 fully saturated rings. The number of benzene rings is 2. The summed E-state index contributed by atoms with van der Waals surface area (Å²) in [5.41, 5.74) is 3.33. The van der Waals surface area contributed by atoms with Gasteiger partial charge in [-0.3, -0.25) is 0 Å². The van der Waals surface area contributed by atoms with Crippen molar-refractivity contribution >= 4 is 17.3 Å². The summed E-state index contributed by atoms with van der Waals surface area (Å²) in [6.45, 7) is 0. The van der Waals surface area contributed by atoms with Gasteiger partial charge in [0.15, 0.2) is 0 Å². The monoisotopic (exact) mass is 299 g/mol. The van der Waals surface area contributed by atoms with Crippen LogP contribution in [0.4, 0.5) is 10.1 Å². The second-order valence-corrected chi connectivity index (χ2v) is 6.20. The molecule has 2 aliphatic rings. The lowest BCUT2D eigenvalue weighted by Crippen LogP contribution is -2.29. The van der Waals surface area contributed by atoms with Crippen molar-refractivity contribution in [2.24, 2.45) is 5.92 Å². The molecule has 0 bridgehead atoms. The lowest BCUT2D eigenvalue weighted by Gasteiger charge is -2.37. The molecule has 0 saturated carbocycles. The summed E-state index contributed by atoms with van der Waals surface area (Å²) >= 11 is 5.99. The van der Waals surface area contributed by atoms with Gasteiger partial charge in [0.2, 0.25) is 0 Å². The molecule has 3 atom stereocenters. The van der Waals surface area contributed by atoms with Gasteiger partial charge in [-0.15, -0.1) is 0 Å². The fourth-order valence-electron chi connectivity index (χ4n) is 3.57. The average molecular weight is 300 g/mol. The van der Waals surface area contributed by atoms with E-state index in [1.807, 2.05) is 18.2 Å². The van der Waals surface area contributed by atoms with E-state index in [1.54, 1.807) is 6.07 Å². The molecule has 1 aliphatic heterocycles. The molecule has 0 radical (unpaired) electrons. The van der Waals surface area contributed by atoms with Crippen LogP contribution in [0.15, 0.2) is 54.6 Å². The Morgan fingerprint density at radius 2 is 1.90 bits per heavy atom. The first kappa shape index (κ1) is 12.9. The third-order valence-corrected chi connectivity index (χ3v) is 4.81. The number of hydrogen-bond acceptors (Lipinski definition) is 1. The molecule has 1 nitrogen and oxygen atoms in total. The normalized spacial score (nSPS) is 26.1. The second kappa shape index (κ2) is 4.88. The molecule has 0 saturated heterocycles. The topological polar surface area (TPSA) is 12.0 Å². The first-order valence-electron chi connectivity index (χ1n) is 7.20. The zero-order valence-corrected chi connectivity index (χ0v) is 12.1. The number of allylic oxidation sites excluding steroid dienone is 2. The summed E-state index contributed by atoms with van der Waals surface area (Å²) in [5, 5.41) is 4.33. The Morgan fingerprint density at radius 3 is 2.71 bits per heavy atom. The molecule has 2 aromatic carbocycles. The minimum Gasteiger partial charge on any atom is -0.378 e. The number of halogens is 2. The van der Waals surface area contributed by atoms with Gasteiger partial charge in [-0.25, -0.2) is 4.39 Å². The molecule has 0 spiro atoms. The Labute approximate surface area is 128 Å². The van der Waals surface area contributed by atoms with E-state index in [-0.39, 0.29) is 17.8 Å². The SMILES string of the molecule is Fc1ccc2c(c1)[C@H]1C=CC[C@@H]1[C@@H](c1ccc(Cl)cc1)N2. The van der Waals surface area contributed by atoms with E-state index >= 15 is 0 Å². The number of hydrogen-bond donors (Lipinski definition) is 1. The third kappa shape index (κ3) is 2.14. The fraction of sp³-hybridized carbons (Fsp3) is 0.222. The van der Waals surface area contributed by atoms with Crippen molar-refractivity contribution in [1.82, 2.24) is 0 Å². The van der Waals surface area contributed by atoms with Gasteiger partial charge in [0.05, 0.1) is 6.04 Å². The molecule has 0 unspecified atom stereocenters. The van der Waals surface area contributed by atoms with Crippen LogP contribution in [-0.4, -0.2) is 0 Å². The van der Waals surface area contributed by atoms with E-state index in [0.29, 0.717) is 5.92 Å². The minimum absolute atomic E-state index is 0.167. The van der Waals surface area contributed by atoms with Crippen LogP contribution >= 0.6 is 11.6 Å². The van der Waals surface area contributed by atoms with Crippen molar-refractivity contribution in [3.63, 3.8) is 0 Å². The minimum atomic E-state index is -0.167. The molecule has 1 aliphatic carbocycles. The van der Waals surface area contributed by atoms with Gasteiger partial charge in [-0.1, -0.05) is 35.9 Å². The molecule has 1 heterocycles. The highest BCUT2D eigenvalue weighted by Crippen LogP contribution is 2.49. The van der Waals surface area contributed by atoms with E-state index in [1.165, 1.54) is 11.6 Å². The van der Waals surface area contributed by atoms with E-state index in [9.17, 15) is 4.39 Å². The van der Waals surface area contributed by atoms with Gasteiger partial charge >= 0.3 is 0 Å². The smallest absolute Gasteiger partial charge is 0.123 e. The maximum Gasteiger partial charge on any atom is 0.123 e. The highest BCUT2D eigenvalue weighted by atomic mass is 35.5. The number of nitrogens with one attached hydrogen (secondary N) is 1. The van der Waals surface area contributed by atoms with Gasteiger partial charge in [0, 0.05) is 16.6 Å². The Kier molecular flexibility index (Phi) is 3.00. The quantitative estimate of drug-likeness (QED) is 0.704. The number of anilines is 1. The lowest BCUT2D eigenvalue weighted by atomic mass is 9.77. The van der Waals surface area contributed by atoms with Crippen LogP contribution in [0.5, 0.6) is 0 Å². The highest BCUT2D eigenvalue weighted by Gasteiger charge is 2.37. The Morgan fingerprint density at radius 1 is 1.10 bits per heavy atom. The van der Waals surface area contributed by atoms with E-state index < -0.39 is 0 Å². The first-order valence-corrected chi connectivity index (χ1v) is 7.58. The van der Waals surface area contributed by atoms with Gasteiger partial charge in [0.1, 0.15) is 5.82 Å². The van der Waals surface area contributed by atoms with Crippen LogP contribution in [0.1, 0.15) is 29.5 Å². The van der Waals surface area contributed by atoms with Crippen molar-refractivity contribution in [2.75, 3.05) is 5.32 Å². The fourth-order valence-corrected chi connectivity index (χ4v) is 3.69. The highest BCUT2D eigenvalue weighted by molar-refractivity contribution is 6.30. The average Bonchev–Trinajstić information content (AvgIpc) is 2.97. The molecule has 1 N–H and O–H groups in total. The van der Waals surface area contributed by atoms with Gasteiger partial charge in [0.25, 0.3) is 0 Å². The van der Waals surface area contributed by atoms with Crippen molar-refractivity contribution in [1.29, 1.82) is 0 Å². The zero-order valence-electron chi connectivity index (χ0n) is 11.4. The van der Waals surface area contributed by atoms with Crippen LogP contribution in [0.25, 0.3) is 0 Å². The molecule has 0 aromatic heterocycles. The molecule has 21 heavy (non-hydrogen) atoms. The van der Waals surface area contributed by atoms with Crippen LogP contribution < -0.4 is 5.32 Å². The standard InChI is InChI=1S/C18H15ClFN/c19-12-6-4-11(5-7-12)18-15-3-1-2-14(15)16-10-13(20)8-9-17(16)21-18/h1-2,4-10,14-15,18,21H,3H2/t14-,15-,18+/m0/s1. The third-order valence-electron chi connectivity index (χ3n) is 4.55. The van der Waals surface area contributed by atoms with Crippen molar-refractivity contribution < 1.29 is 4.39 Å². The molecule has 3 heteroatoms. The summed E-state index contributed by atoms with van der Waals surface area (Å²) in [6.07, 6.45) is 5.44. The molecule has 2 aromatic rings. The van der Waals surface area contributed by atoms with Crippen molar-refractivity contribution in [3.8, 4) is 0 Å². The molecule has 4 rings (SSSR count). The summed E-state index contributed by atoms with van der Waals surface area (Å²) in [7, 11) is 0. The van der Waals surface area contributed by atoms with E-state index in [2.05, 4.69) is 29.6 Å². The summed E-state index contributed by atoms with van der Waals surface area (Å²) < 4.78 is 13.5. The van der Waals surface area contributed by atoms with Crippen LogP contribution in [0.3, 0.4) is 0 Å². The zero-order chi connectivity index (χ0) is 14.4. The molecule has 106 valence electrons. The maximum atomic E-state index is 13.5. The lowest BCUT2D eigenvalue weighted by molar-refractivity contribution is 0.424. The van der Waals surface area contributed by atoms with E-state index in [4.69, 9.17) is 11.6 Å². The number of fused-ring (bicyclic) bond motifs is 3. The van der Waals surface area contributed by atoms with Crippen LogP contribution in [-0.2, 0) is 0 Å². The molecular formula is C18H15ClFN. The predicted octanol–water partition coefficient (Wildman–Crippen LogP) is 5.31. The first-order chi connectivity index (χ1) is 10.2. The van der Waals surface area contributed by atoms with Crippen LogP contribution in [0.2, 0.25) is 5.02 Å². The Bertz CT molecular complexity index is 708. The van der Waals surface area contributed by atoms with Crippen molar-refractivity contribution in [3.05, 3.63) is 76.6 Å². The largest absolute Gasteiger partial charge is 0.378 e. The maximum absolute atomic E-state index is 13.5. The Balaban J connectivity index is 1.78. The van der Waals surface area contributed by atoms with Crippen LogP contribution in [0, 0.1) is 11.7 Å². The second-order valence-electron chi connectivity index (χ2n) is 5.76. The Hall–Kier alpha value is -1.80. The number of rotatable bonds is 1. The van der Waals surface area contributed by atoms with Gasteiger partial charge in [-0.2, -0.15) is 0 Å². The summed E-state index contributed by atoms with van der Waals surface area (Å²) in [5.74, 6) is 0.553.